The Morgan fingerprint density at radius 1 is 0.500 bits per heavy atom. The van der Waals surface area contributed by atoms with E-state index in [0.717, 1.165) is 0 Å². The first kappa shape index (κ1) is 27.4. The standard InChI is InChI=1S/C16H34P2S8/c1-15(2,3)17(19)23-11-7-21-9-13-25-18(20,16(4,5)6)26-14-10-22-8-12-24-17/h7-14H2,1-6H3. The lowest BCUT2D eigenvalue weighted by molar-refractivity contribution is 0.798. The Morgan fingerprint density at radius 2 is 0.731 bits per heavy atom. The summed E-state index contributed by atoms with van der Waals surface area (Å²) in [6.07, 6.45) is 0. The van der Waals surface area contributed by atoms with Gasteiger partial charge in [0.25, 0.3) is 0 Å². The number of thioether (sulfide) groups is 2. The Morgan fingerprint density at radius 3 is 0.923 bits per heavy atom. The zero-order valence-electron chi connectivity index (χ0n) is 16.8. The highest BCUT2D eigenvalue weighted by Gasteiger charge is 2.34. The average Bonchev–Trinajstić information content (AvgIpc) is 2.50. The van der Waals surface area contributed by atoms with Crippen LogP contribution in [0.1, 0.15) is 41.5 Å². The maximum Gasteiger partial charge on any atom is 0.0623 e. The summed E-state index contributed by atoms with van der Waals surface area (Å²) in [5, 5.41) is 0.506. The molecule has 26 heavy (non-hydrogen) atoms. The van der Waals surface area contributed by atoms with Crippen LogP contribution in [-0.4, -0.2) is 56.3 Å². The van der Waals surface area contributed by atoms with Gasteiger partial charge in [-0.3, -0.25) is 0 Å². The lowest BCUT2D eigenvalue weighted by Crippen LogP contribution is -2.12. The summed E-state index contributed by atoms with van der Waals surface area (Å²) in [4.78, 5) is 0. The summed E-state index contributed by atoms with van der Waals surface area (Å²) in [5.41, 5.74) is 0. The molecule has 0 aromatic heterocycles. The van der Waals surface area contributed by atoms with E-state index in [-0.39, 0.29) is 10.3 Å². The van der Waals surface area contributed by atoms with E-state index in [1.807, 2.05) is 0 Å². The topological polar surface area (TPSA) is 0 Å². The maximum atomic E-state index is 6.20. The second-order valence-electron chi connectivity index (χ2n) is 7.89. The van der Waals surface area contributed by atoms with Crippen molar-refractivity contribution in [3.63, 3.8) is 0 Å². The van der Waals surface area contributed by atoms with Crippen LogP contribution < -0.4 is 0 Å². The second kappa shape index (κ2) is 12.4. The molecule has 0 bridgehead atoms. The minimum atomic E-state index is -1.42. The molecule has 0 unspecified atom stereocenters. The SMILES string of the molecule is CC(C)(C)P1(=S)SCCSCCSP(=S)(C(C)(C)C)SCCSCCS1. The smallest absolute Gasteiger partial charge is 0.0623 e. The van der Waals surface area contributed by atoms with E-state index in [9.17, 15) is 0 Å². The predicted octanol–water partition coefficient (Wildman–Crippen LogP) is 8.62. The van der Waals surface area contributed by atoms with Gasteiger partial charge in [-0.05, 0) is 0 Å². The first-order valence-corrected chi connectivity index (χ1v) is 23.1. The third-order valence-corrected chi connectivity index (χ3v) is 36.5. The molecule has 0 atom stereocenters. The number of rotatable bonds is 0. The quantitative estimate of drug-likeness (QED) is 0.274. The van der Waals surface area contributed by atoms with Crippen LogP contribution in [-0.2, 0) is 23.6 Å². The zero-order valence-corrected chi connectivity index (χ0v) is 25.1. The second-order valence-corrected chi connectivity index (χ2v) is 34.8. The van der Waals surface area contributed by atoms with Crippen LogP contribution in [0.5, 0.6) is 0 Å². The molecule has 0 nitrogen and oxygen atoms in total. The normalized spacial score (nSPS) is 32.2. The molecule has 0 saturated carbocycles. The van der Waals surface area contributed by atoms with Gasteiger partial charge in [-0.1, -0.05) is 65.2 Å². The van der Waals surface area contributed by atoms with Crippen molar-refractivity contribution in [1.82, 2.24) is 0 Å². The van der Waals surface area contributed by atoms with Gasteiger partial charge in [-0.2, -0.15) is 23.5 Å². The van der Waals surface area contributed by atoms with Gasteiger partial charge in [0, 0.05) is 56.3 Å². The van der Waals surface area contributed by atoms with Crippen LogP contribution in [0.2, 0.25) is 0 Å². The fourth-order valence-corrected chi connectivity index (χ4v) is 25.4. The molecule has 1 heterocycles. The zero-order chi connectivity index (χ0) is 19.9. The van der Waals surface area contributed by atoms with Crippen molar-refractivity contribution in [3.05, 3.63) is 0 Å². The predicted molar refractivity (Wildman–Crippen MR) is 153 cm³/mol. The summed E-state index contributed by atoms with van der Waals surface area (Å²) in [5.74, 6) is 9.69. The Labute approximate surface area is 197 Å². The van der Waals surface area contributed by atoms with Gasteiger partial charge in [-0.15, -0.1) is 45.5 Å². The van der Waals surface area contributed by atoms with Gasteiger partial charge in [0.2, 0.25) is 0 Å². The monoisotopic (exact) mass is 544 g/mol. The molecule has 0 radical (unpaired) electrons. The lowest BCUT2D eigenvalue weighted by atomic mass is 10.3. The van der Waals surface area contributed by atoms with Crippen LogP contribution in [0, 0.1) is 0 Å². The molecule has 0 aliphatic carbocycles. The third kappa shape index (κ3) is 9.27. The molecule has 0 spiro atoms. The van der Waals surface area contributed by atoms with Crippen LogP contribution in [0.4, 0.5) is 0 Å². The Hall–Kier alpha value is 3.40. The van der Waals surface area contributed by atoms with Gasteiger partial charge >= 0.3 is 0 Å². The molecule has 156 valence electrons. The molecule has 0 N–H and O–H groups in total. The Bertz CT molecular complexity index is 439. The molecular weight excluding hydrogens is 511 g/mol. The van der Waals surface area contributed by atoms with Crippen molar-refractivity contribution in [1.29, 1.82) is 0 Å². The van der Waals surface area contributed by atoms with Gasteiger partial charge in [0.15, 0.2) is 0 Å². The van der Waals surface area contributed by atoms with Crippen molar-refractivity contribution in [2.45, 2.75) is 51.9 Å². The lowest BCUT2D eigenvalue weighted by Gasteiger charge is -2.34. The minimum Gasteiger partial charge on any atom is -0.160 e. The van der Waals surface area contributed by atoms with Crippen LogP contribution in [0.25, 0.3) is 0 Å². The molecule has 1 fully saturated rings. The molecule has 0 amide bonds. The Balaban J connectivity index is 2.68. The van der Waals surface area contributed by atoms with E-state index in [4.69, 9.17) is 23.6 Å². The minimum absolute atomic E-state index is 0.253. The molecular formula is C16H34P2S8. The molecule has 0 aromatic carbocycles. The largest absolute Gasteiger partial charge is 0.160 e. The first-order valence-electron chi connectivity index (χ1n) is 8.85. The van der Waals surface area contributed by atoms with E-state index < -0.39 is 8.88 Å². The van der Waals surface area contributed by atoms with E-state index in [0.29, 0.717) is 0 Å². The summed E-state index contributed by atoms with van der Waals surface area (Å²) in [6, 6.07) is 0. The van der Waals surface area contributed by atoms with Gasteiger partial charge < -0.3 is 0 Å². The highest BCUT2D eigenvalue weighted by atomic mass is 33.2. The van der Waals surface area contributed by atoms with Crippen LogP contribution in [0.3, 0.4) is 0 Å². The Kier molecular flexibility index (Phi) is 13.1. The number of hydrogen-bond acceptors (Lipinski definition) is 8. The number of hydrogen-bond donors (Lipinski definition) is 0. The van der Waals surface area contributed by atoms with Gasteiger partial charge in [0.1, 0.15) is 0 Å². The molecule has 0 aromatic rings. The van der Waals surface area contributed by atoms with Crippen molar-refractivity contribution >= 4 is 102 Å². The summed E-state index contributed by atoms with van der Waals surface area (Å²) < 4.78 is -2.84. The third-order valence-electron chi connectivity index (χ3n) is 3.60. The summed E-state index contributed by atoms with van der Waals surface area (Å²) in [7, 11) is 0. The molecule has 1 saturated heterocycles. The highest BCUT2D eigenvalue weighted by molar-refractivity contribution is 9.01. The van der Waals surface area contributed by atoms with Crippen LogP contribution in [0.15, 0.2) is 0 Å². The van der Waals surface area contributed by atoms with E-state index in [1.54, 1.807) is 0 Å². The molecule has 1 rings (SSSR count). The summed E-state index contributed by atoms with van der Waals surface area (Å²) >= 11 is 25.0. The van der Waals surface area contributed by atoms with E-state index in [1.165, 1.54) is 46.0 Å². The van der Waals surface area contributed by atoms with E-state index in [2.05, 4.69) is 111 Å². The fourth-order valence-electron chi connectivity index (χ4n) is 1.92. The molecule has 1 aliphatic heterocycles. The first-order chi connectivity index (χ1) is 11.9. The van der Waals surface area contributed by atoms with Gasteiger partial charge in [-0.25, -0.2) is 0 Å². The van der Waals surface area contributed by atoms with Crippen molar-refractivity contribution < 1.29 is 0 Å². The van der Waals surface area contributed by atoms with Crippen molar-refractivity contribution in [2.24, 2.45) is 0 Å². The van der Waals surface area contributed by atoms with Crippen LogP contribution >= 0.6 is 77.9 Å². The van der Waals surface area contributed by atoms with Crippen molar-refractivity contribution in [3.8, 4) is 0 Å². The molecule has 1 aliphatic rings. The summed E-state index contributed by atoms with van der Waals surface area (Å²) in [6.45, 7) is 14.1. The van der Waals surface area contributed by atoms with E-state index >= 15 is 0 Å². The highest BCUT2D eigenvalue weighted by Crippen LogP contribution is 2.78. The average molecular weight is 545 g/mol. The fraction of sp³-hybridized carbons (Fsp3) is 1.00. The maximum absolute atomic E-state index is 6.20. The van der Waals surface area contributed by atoms with Crippen molar-refractivity contribution in [2.75, 3.05) is 46.0 Å². The molecule has 10 heteroatoms. The van der Waals surface area contributed by atoms with Gasteiger partial charge in [0.05, 0.1) is 8.88 Å².